The van der Waals surface area contributed by atoms with E-state index in [1.807, 2.05) is 19.9 Å². The van der Waals surface area contributed by atoms with Crippen LogP contribution in [0, 0.1) is 0 Å². The Kier molecular flexibility index (Phi) is 8.50. The number of anilines is 1. The van der Waals surface area contributed by atoms with Crippen molar-refractivity contribution in [1.29, 1.82) is 0 Å². The predicted octanol–water partition coefficient (Wildman–Crippen LogP) is 3.21. The van der Waals surface area contributed by atoms with Crippen LogP contribution in [0.4, 0.5) is 5.95 Å². The Morgan fingerprint density at radius 2 is 1.94 bits per heavy atom. The molecule has 0 amide bonds. The predicted molar refractivity (Wildman–Crippen MR) is 70.3 cm³/mol. The second kappa shape index (κ2) is 9.65. The Morgan fingerprint density at radius 3 is 2.44 bits per heavy atom. The van der Waals surface area contributed by atoms with E-state index in [-0.39, 0.29) is 0 Å². The second-order valence-corrected chi connectivity index (χ2v) is 2.61. The van der Waals surface area contributed by atoms with E-state index < -0.39 is 0 Å². The van der Waals surface area contributed by atoms with Gasteiger partial charge in [-0.2, -0.15) is 0 Å². The van der Waals surface area contributed by atoms with Gasteiger partial charge in [-0.15, -0.1) is 0 Å². The van der Waals surface area contributed by atoms with Crippen molar-refractivity contribution in [2.75, 3.05) is 11.9 Å². The summed E-state index contributed by atoms with van der Waals surface area (Å²) in [6.07, 6.45) is 8.78. The van der Waals surface area contributed by atoms with Crippen LogP contribution in [0.3, 0.4) is 0 Å². The van der Waals surface area contributed by atoms with E-state index >= 15 is 0 Å². The van der Waals surface area contributed by atoms with E-state index in [1.54, 1.807) is 30.6 Å². The second-order valence-electron chi connectivity index (χ2n) is 2.61. The van der Waals surface area contributed by atoms with Gasteiger partial charge in [0.1, 0.15) is 0 Å². The Hall–Kier alpha value is -1.90. The van der Waals surface area contributed by atoms with Crippen LogP contribution in [0.1, 0.15) is 13.8 Å². The molecule has 0 unspecified atom stereocenters. The lowest BCUT2D eigenvalue weighted by atomic mass is 10.2. The monoisotopic (exact) mass is 217 g/mol. The molecule has 0 saturated heterocycles. The fourth-order valence-corrected chi connectivity index (χ4v) is 0.922. The number of nitrogens with one attached hydrogen (secondary N) is 1. The van der Waals surface area contributed by atoms with Gasteiger partial charge < -0.3 is 5.32 Å². The van der Waals surface area contributed by atoms with E-state index in [0.29, 0.717) is 12.5 Å². The maximum atomic E-state index is 4.04. The number of aromatic nitrogens is 2. The molecule has 1 N–H and O–H groups in total. The first-order chi connectivity index (χ1) is 7.86. The molecule has 1 aromatic rings. The summed E-state index contributed by atoms with van der Waals surface area (Å²) in [6.45, 7) is 12.0. The molecule has 0 atom stereocenters. The minimum atomic E-state index is 0.615. The molecule has 1 heterocycles. The molecule has 0 saturated carbocycles. The largest absolute Gasteiger partial charge is 0.350 e. The maximum absolute atomic E-state index is 4.04. The summed E-state index contributed by atoms with van der Waals surface area (Å²) in [5.74, 6) is 0.615. The summed E-state index contributed by atoms with van der Waals surface area (Å²) in [5.41, 5.74) is 1.05. The average Bonchev–Trinajstić information content (AvgIpc) is 2.38. The van der Waals surface area contributed by atoms with Gasteiger partial charge in [0.25, 0.3) is 0 Å². The van der Waals surface area contributed by atoms with Gasteiger partial charge in [-0.25, -0.2) is 9.97 Å². The van der Waals surface area contributed by atoms with E-state index in [2.05, 4.69) is 28.4 Å². The van der Waals surface area contributed by atoms with Crippen molar-refractivity contribution in [2.24, 2.45) is 0 Å². The summed E-state index contributed by atoms with van der Waals surface area (Å²) < 4.78 is 0. The minimum Gasteiger partial charge on any atom is -0.350 e. The van der Waals surface area contributed by atoms with Gasteiger partial charge in [-0.3, -0.25) is 0 Å². The molecular formula is C13H19N3. The summed E-state index contributed by atoms with van der Waals surface area (Å²) in [6, 6.07) is 1.78. The molecular weight excluding hydrogens is 198 g/mol. The summed E-state index contributed by atoms with van der Waals surface area (Å²) in [7, 11) is 0. The van der Waals surface area contributed by atoms with Crippen molar-refractivity contribution in [1.82, 2.24) is 9.97 Å². The molecule has 86 valence electrons. The van der Waals surface area contributed by atoms with E-state index in [0.717, 1.165) is 5.57 Å². The van der Waals surface area contributed by atoms with Crippen LogP contribution in [0.2, 0.25) is 0 Å². The highest BCUT2D eigenvalue weighted by molar-refractivity contribution is 5.31. The third-order valence-electron chi connectivity index (χ3n) is 1.61. The van der Waals surface area contributed by atoms with Crippen LogP contribution >= 0.6 is 0 Å². The smallest absolute Gasteiger partial charge is 0.222 e. The molecule has 3 heteroatoms. The number of hydrogen-bond acceptors (Lipinski definition) is 3. The van der Waals surface area contributed by atoms with Crippen molar-refractivity contribution >= 4 is 5.95 Å². The molecule has 0 fully saturated rings. The Balaban J connectivity index is 0.00000106. The van der Waals surface area contributed by atoms with Crippen LogP contribution in [-0.2, 0) is 0 Å². The maximum Gasteiger partial charge on any atom is 0.222 e. The number of nitrogens with zero attached hydrogens (tertiary/aromatic N) is 2. The number of allylic oxidation sites excluding steroid dienone is 2. The first-order valence-corrected chi connectivity index (χ1v) is 5.31. The topological polar surface area (TPSA) is 37.8 Å². The molecule has 0 bridgehead atoms. The zero-order valence-corrected chi connectivity index (χ0v) is 9.98. The molecule has 0 aliphatic carbocycles. The van der Waals surface area contributed by atoms with Crippen molar-refractivity contribution < 1.29 is 0 Å². The lowest BCUT2D eigenvalue weighted by molar-refractivity contribution is 1.10. The highest BCUT2D eigenvalue weighted by Crippen LogP contribution is 1.99. The van der Waals surface area contributed by atoms with Gasteiger partial charge in [0.05, 0.1) is 0 Å². The quantitative estimate of drug-likeness (QED) is 0.769. The molecule has 0 aliphatic rings. The molecule has 0 aliphatic heterocycles. The van der Waals surface area contributed by atoms with E-state index in [9.17, 15) is 0 Å². The van der Waals surface area contributed by atoms with Crippen LogP contribution in [0.5, 0.6) is 0 Å². The average molecular weight is 217 g/mol. The van der Waals surface area contributed by atoms with Crippen LogP contribution in [-0.4, -0.2) is 16.5 Å². The van der Waals surface area contributed by atoms with E-state index in [4.69, 9.17) is 0 Å². The van der Waals surface area contributed by atoms with Crippen LogP contribution in [0.15, 0.2) is 55.4 Å². The van der Waals surface area contributed by atoms with Gasteiger partial charge in [0.15, 0.2) is 0 Å². The Labute approximate surface area is 97.6 Å². The number of rotatable bonds is 5. The van der Waals surface area contributed by atoms with Crippen LogP contribution in [0.25, 0.3) is 0 Å². The highest BCUT2D eigenvalue weighted by atomic mass is 15.1. The van der Waals surface area contributed by atoms with Crippen LogP contribution < -0.4 is 5.32 Å². The first-order valence-electron chi connectivity index (χ1n) is 5.31. The summed E-state index contributed by atoms with van der Waals surface area (Å²) in [5, 5.41) is 3.07. The van der Waals surface area contributed by atoms with Gasteiger partial charge in [-0.1, -0.05) is 45.2 Å². The summed E-state index contributed by atoms with van der Waals surface area (Å²) >= 11 is 0. The Morgan fingerprint density at radius 1 is 1.31 bits per heavy atom. The van der Waals surface area contributed by atoms with Gasteiger partial charge >= 0.3 is 0 Å². The molecule has 0 aromatic carbocycles. The zero-order chi connectivity index (χ0) is 12.2. The third kappa shape index (κ3) is 5.75. The number of hydrogen-bond donors (Lipinski definition) is 1. The van der Waals surface area contributed by atoms with Crippen molar-refractivity contribution in [2.45, 2.75) is 13.8 Å². The molecule has 3 nitrogen and oxygen atoms in total. The van der Waals surface area contributed by atoms with Gasteiger partial charge in [0, 0.05) is 18.9 Å². The standard InChI is InChI=1S/C11H13N3.C2H6/c1-3-6-10(4-2)9-14-11-12-7-5-8-13-11;1-2/h3-8H,1-2,9H2,(H,12,13,14);1-2H3/b10-6+;. The highest BCUT2D eigenvalue weighted by Gasteiger charge is 1.93. The molecule has 1 aromatic heterocycles. The molecule has 1 rings (SSSR count). The van der Waals surface area contributed by atoms with Crippen molar-refractivity contribution in [3.63, 3.8) is 0 Å². The molecule has 16 heavy (non-hydrogen) atoms. The first kappa shape index (κ1) is 14.1. The fraction of sp³-hybridized carbons (Fsp3) is 0.231. The minimum absolute atomic E-state index is 0.615. The zero-order valence-electron chi connectivity index (χ0n) is 9.98. The molecule has 0 spiro atoms. The fourth-order valence-electron chi connectivity index (χ4n) is 0.922. The normalized spacial score (nSPS) is 9.75. The Bertz CT molecular complexity index is 328. The van der Waals surface area contributed by atoms with Crippen molar-refractivity contribution in [3.8, 4) is 0 Å². The van der Waals surface area contributed by atoms with Gasteiger partial charge in [-0.05, 0) is 11.6 Å². The SMILES string of the molecule is C=C/C=C(\C=C)CNc1ncccn1.CC. The van der Waals surface area contributed by atoms with E-state index in [1.165, 1.54) is 0 Å². The lowest BCUT2D eigenvalue weighted by Gasteiger charge is -2.03. The van der Waals surface area contributed by atoms with Gasteiger partial charge in [0.2, 0.25) is 5.95 Å². The lowest BCUT2D eigenvalue weighted by Crippen LogP contribution is -2.05. The summed E-state index contributed by atoms with van der Waals surface area (Å²) in [4.78, 5) is 8.07. The third-order valence-corrected chi connectivity index (χ3v) is 1.61. The molecule has 0 radical (unpaired) electrons. The van der Waals surface area contributed by atoms with Crippen molar-refractivity contribution in [3.05, 3.63) is 55.4 Å².